The van der Waals surface area contributed by atoms with Gasteiger partial charge in [-0.15, -0.1) is 0 Å². The molecule has 27 heavy (non-hydrogen) atoms. The number of amides is 1. The van der Waals surface area contributed by atoms with Crippen molar-refractivity contribution in [2.24, 2.45) is 0 Å². The average molecular weight is 366 g/mol. The average Bonchev–Trinajstić information content (AvgIpc) is 3.15. The van der Waals surface area contributed by atoms with Crippen LogP contribution in [-0.4, -0.2) is 47.6 Å². The Labute approximate surface area is 160 Å². The molecule has 0 spiro atoms. The number of benzene rings is 2. The van der Waals surface area contributed by atoms with Crippen LogP contribution in [0.3, 0.4) is 0 Å². The highest BCUT2D eigenvalue weighted by atomic mass is 16.4. The maximum atomic E-state index is 12.3. The third-order valence-corrected chi connectivity index (χ3v) is 5.15. The van der Waals surface area contributed by atoms with Crippen molar-refractivity contribution in [2.75, 3.05) is 19.6 Å². The second-order valence-electron chi connectivity index (χ2n) is 6.98. The van der Waals surface area contributed by atoms with Crippen LogP contribution >= 0.6 is 0 Å². The third-order valence-electron chi connectivity index (χ3n) is 5.15. The molecule has 1 saturated heterocycles. The predicted octanol–water partition coefficient (Wildman–Crippen LogP) is 2.87. The number of aliphatic carboxylic acids is 1. The summed E-state index contributed by atoms with van der Waals surface area (Å²) in [6.07, 6.45) is 2.24. The van der Waals surface area contributed by atoms with Gasteiger partial charge < -0.3 is 10.4 Å². The van der Waals surface area contributed by atoms with Gasteiger partial charge >= 0.3 is 5.97 Å². The van der Waals surface area contributed by atoms with E-state index in [0.717, 1.165) is 12.8 Å². The molecule has 5 heteroatoms. The van der Waals surface area contributed by atoms with E-state index in [0.29, 0.717) is 19.5 Å². The molecule has 1 atom stereocenters. The Kier molecular flexibility index (Phi) is 6.60. The van der Waals surface area contributed by atoms with Crippen LogP contribution in [-0.2, 0) is 9.59 Å². The summed E-state index contributed by atoms with van der Waals surface area (Å²) in [5.74, 6) is -0.734. The van der Waals surface area contributed by atoms with Gasteiger partial charge in [0, 0.05) is 12.5 Å². The number of hydrogen-bond acceptors (Lipinski definition) is 3. The second kappa shape index (κ2) is 9.33. The number of hydrogen-bond donors (Lipinski definition) is 2. The molecule has 0 unspecified atom stereocenters. The van der Waals surface area contributed by atoms with Crippen molar-refractivity contribution in [3.63, 3.8) is 0 Å². The number of carboxylic acid groups (broad SMARTS) is 1. The summed E-state index contributed by atoms with van der Waals surface area (Å²) in [6, 6.07) is 20.0. The number of likely N-dealkylation sites (tertiary alicyclic amines) is 1. The normalized spacial score (nSPS) is 17.1. The van der Waals surface area contributed by atoms with E-state index >= 15 is 0 Å². The Balaban J connectivity index is 1.56. The lowest BCUT2D eigenvalue weighted by Gasteiger charge is -2.21. The molecular weight excluding hydrogens is 340 g/mol. The highest BCUT2D eigenvalue weighted by molar-refractivity contribution is 5.80. The molecule has 1 amide bonds. The first kappa shape index (κ1) is 19.1. The lowest BCUT2D eigenvalue weighted by atomic mass is 9.88. The van der Waals surface area contributed by atoms with E-state index in [1.807, 2.05) is 36.4 Å². The molecule has 0 bridgehead atoms. The molecular formula is C22H26N2O3. The van der Waals surface area contributed by atoms with Crippen molar-refractivity contribution in [3.8, 4) is 0 Å². The summed E-state index contributed by atoms with van der Waals surface area (Å²) in [4.78, 5) is 25.3. The van der Waals surface area contributed by atoms with E-state index in [-0.39, 0.29) is 18.4 Å². The Morgan fingerprint density at radius 2 is 1.63 bits per heavy atom. The topological polar surface area (TPSA) is 69.6 Å². The van der Waals surface area contributed by atoms with Gasteiger partial charge in [-0.1, -0.05) is 60.7 Å². The van der Waals surface area contributed by atoms with Gasteiger partial charge in [-0.25, -0.2) is 0 Å². The SMILES string of the molecule is O=C(CN1CCC[C@@H]1C(=O)O)NCCC(c1ccccc1)c1ccccc1. The maximum Gasteiger partial charge on any atom is 0.320 e. The smallest absolute Gasteiger partial charge is 0.320 e. The number of nitrogens with one attached hydrogen (secondary N) is 1. The fourth-order valence-electron chi connectivity index (χ4n) is 3.79. The molecule has 2 aromatic carbocycles. The van der Waals surface area contributed by atoms with E-state index in [4.69, 9.17) is 0 Å². The van der Waals surface area contributed by atoms with Crippen LogP contribution in [0.15, 0.2) is 60.7 Å². The summed E-state index contributed by atoms with van der Waals surface area (Å²) in [5.41, 5.74) is 2.45. The molecule has 0 saturated carbocycles. The van der Waals surface area contributed by atoms with Gasteiger partial charge in [-0.3, -0.25) is 14.5 Å². The number of nitrogens with zero attached hydrogens (tertiary/aromatic N) is 1. The Morgan fingerprint density at radius 1 is 1.04 bits per heavy atom. The van der Waals surface area contributed by atoms with Crippen molar-refractivity contribution >= 4 is 11.9 Å². The van der Waals surface area contributed by atoms with E-state index < -0.39 is 12.0 Å². The van der Waals surface area contributed by atoms with Gasteiger partial charge in [-0.05, 0) is 36.9 Å². The second-order valence-corrected chi connectivity index (χ2v) is 6.98. The van der Waals surface area contributed by atoms with Crippen molar-refractivity contribution < 1.29 is 14.7 Å². The molecule has 5 nitrogen and oxygen atoms in total. The van der Waals surface area contributed by atoms with E-state index in [2.05, 4.69) is 29.6 Å². The lowest BCUT2D eigenvalue weighted by Crippen LogP contribution is -2.43. The summed E-state index contributed by atoms with van der Waals surface area (Å²) in [5, 5.41) is 12.2. The van der Waals surface area contributed by atoms with Crippen LogP contribution in [0.25, 0.3) is 0 Å². The van der Waals surface area contributed by atoms with Crippen LogP contribution < -0.4 is 5.32 Å². The van der Waals surface area contributed by atoms with Crippen molar-refractivity contribution in [1.82, 2.24) is 10.2 Å². The van der Waals surface area contributed by atoms with Crippen LogP contribution in [0.5, 0.6) is 0 Å². The van der Waals surface area contributed by atoms with Gasteiger partial charge in [0.2, 0.25) is 5.91 Å². The number of carbonyl (C=O) groups excluding carboxylic acids is 1. The van der Waals surface area contributed by atoms with Crippen LogP contribution in [0.2, 0.25) is 0 Å². The summed E-state index contributed by atoms with van der Waals surface area (Å²) in [7, 11) is 0. The molecule has 3 rings (SSSR count). The Hall–Kier alpha value is -2.66. The molecule has 0 radical (unpaired) electrons. The first-order valence-corrected chi connectivity index (χ1v) is 9.48. The minimum Gasteiger partial charge on any atom is -0.480 e. The first-order chi connectivity index (χ1) is 13.1. The van der Waals surface area contributed by atoms with Crippen molar-refractivity contribution in [3.05, 3.63) is 71.8 Å². The molecule has 0 aliphatic carbocycles. The van der Waals surface area contributed by atoms with Crippen molar-refractivity contribution in [2.45, 2.75) is 31.2 Å². The van der Waals surface area contributed by atoms with Gasteiger partial charge in [-0.2, -0.15) is 0 Å². The maximum absolute atomic E-state index is 12.3. The van der Waals surface area contributed by atoms with E-state index in [9.17, 15) is 14.7 Å². The quantitative estimate of drug-likeness (QED) is 0.754. The third kappa shape index (κ3) is 5.17. The Morgan fingerprint density at radius 3 is 2.19 bits per heavy atom. The predicted molar refractivity (Wildman–Crippen MR) is 105 cm³/mol. The first-order valence-electron chi connectivity index (χ1n) is 9.48. The molecule has 142 valence electrons. The molecule has 1 heterocycles. The van der Waals surface area contributed by atoms with Gasteiger partial charge in [0.1, 0.15) is 6.04 Å². The summed E-state index contributed by atoms with van der Waals surface area (Å²) in [6.45, 7) is 1.37. The zero-order chi connectivity index (χ0) is 19.1. The lowest BCUT2D eigenvalue weighted by molar-refractivity contribution is -0.142. The van der Waals surface area contributed by atoms with Crippen LogP contribution in [0.1, 0.15) is 36.3 Å². The highest BCUT2D eigenvalue weighted by Crippen LogP contribution is 2.27. The van der Waals surface area contributed by atoms with Crippen LogP contribution in [0.4, 0.5) is 0 Å². The van der Waals surface area contributed by atoms with Gasteiger partial charge in [0.25, 0.3) is 0 Å². The van der Waals surface area contributed by atoms with Crippen LogP contribution in [0, 0.1) is 0 Å². The van der Waals surface area contributed by atoms with Crippen molar-refractivity contribution in [1.29, 1.82) is 0 Å². The standard InChI is InChI=1S/C22H26N2O3/c25-21(16-24-15-7-12-20(24)22(26)27)23-14-13-19(17-8-3-1-4-9-17)18-10-5-2-6-11-18/h1-6,8-11,19-20H,7,12-16H2,(H,23,25)(H,26,27)/t20-/m1/s1. The Bertz CT molecular complexity index is 709. The number of rotatable bonds is 8. The number of carboxylic acids is 1. The van der Waals surface area contributed by atoms with Gasteiger partial charge in [0.15, 0.2) is 0 Å². The molecule has 1 aliphatic heterocycles. The van der Waals surface area contributed by atoms with Gasteiger partial charge in [0.05, 0.1) is 6.54 Å². The minimum atomic E-state index is -0.839. The monoisotopic (exact) mass is 366 g/mol. The molecule has 1 fully saturated rings. The largest absolute Gasteiger partial charge is 0.480 e. The van der Waals surface area contributed by atoms with E-state index in [1.165, 1.54) is 11.1 Å². The summed E-state index contributed by atoms with van der Waals surface area (Å²) >= 11 is 0. The molecule has 2 N–H and O–H groups in total. The zero-order valence-electron chi connectivity index (χ0n) is 15.4. The molecule has 2 aromatic rings. The van der Waals surface area contributed by atoms with E-state index in [1.54, 1.807) is 4.90 Å². The zero-order valence-corrected chi connectivity index (χ0v) is 15.4. The highest BCUT2D eigenvalue weighted by Gasteiger charge is 2.31. The minimum absolute atomic E-state index is 0.108. The fourth-order valence-corrected chi connectivity index (χ4v) is 3.79. The molecule has 0 aromatic heterocycles. The molecule has 1 aliphatic rings. The number of carbonyl (C=O) groups is 2. The summed E-state index contributed by atoms with van der Waals surface area (Å²) < 4.78 is 0. The fraction of sp³-hybridized carbons (Fsp3) is 0.364.